The second kappa shape index (κ2) is 9.40. The van der Waals surface area contributed by atoms with Crippen LogP contribution in [0.4, 0.5) is 0 Å². The highest BCUT2D eigenvalue weighted by atomic mass is 35.5. The lowest BCUT2D eigenvalue weighted by Crippen LogP contribution is -2.52. The second-order valence-electron chi connectivity index (χ2n) is 6.53. The van der Waals surface area contributed by atoms with Crippen molar-refractivity contribution in [3.05, 3.63) is 35.4 Å². The van der Waals surface area contributed by atoms with E-state index in [1.807, 2.05) is 19.9 Å². The first-order valence-electron chi connectivity index (χ1n) is 8.27. The summed E-state index contributed by atoms with van der Waals surface area (Å²) in [6.07, 6.45) is 1.44. The Morgan fingerprint density at radius 1 is 1.24 bits per heavy atom. The van der Waals surface area contributed by atoms with Crippen LogP contribution in [0.15, 0.2) is 24.3 Å². The van der Waals surface area contributed by atoms with Gasteiger partial charge >= 0.3 is 0 Å². The van der Waals surface area contributed by atoms with Gasteiger partial charge in [-0.2, -0.15) is 5.26 Å². The summed E-state index contributed by atoms with van der Waals surface area (Å²) in [7, 11) is 0. The molecule has 1 unspecified atom stereocenters. The van der Waals surface area contributed by atoms with Crippen LogP contribution in [0.5, 0.6) is 0 Å². The van der Waals surface area contributed by atoms with Crippen molar-refractivity contribution in [1.29, 1.82) is 5.26 Å². The van der Waals surface area contributed by atoms with Crippen molar-refractivity contribution in [1.82, 2.24) is 10.2 Å². The summed E-state index contributed by atoms with van der Waals surface area (Å²) in [5.74, 6) is -0.0451. The third-order valence-corrected chi connectivity index (χ3v) is 4.42. The fourth-order valence-electron chi connectivity index (χ4n) is 2.71. The maximum absolute atomic E-state index is 12.2. The summed E-state index contributed by atoms with van der Waals surface area (Å²) in [6.45, 7) is 5.09. The predicted molar refractivity (Wildman–Crippen MR) is 98.3 cm³/mol. The zero-order chi connectivity index (χ0) is 17.7. The lowest BCUT2D eigenvalue weighted by molar-refractivity contribution is -0.134. The Balaban J connectivity index is 0.00000312. The van der Waals surface area contributed by atoms with E-state index in [1.165, 1.54) is 0 Å². The van der Waals surface area contributed by atoms with Crippen LogP contribution >= 0.6 is 12.4 Å². The number of nitrogens with one attached hydrogen (secondary N) is 1. The molecule has 1 aromatic rings. The molecule has 2 amide bonds. The SMILES string of the molecule is CC(C)C(N)C(=O)N1CCC(NC(=O)c2ccc(C#N)cc2)CC1.Cl. The zero-order valence-electron chi connectivity index (χ0n) is 14.6. The average molecular weight is 365 g/mol. The number of rotatable bonds is 4. The van der Waals surface area contributed by atoms with Crippen molar-refractivity contribution >= 4 is 24.2 Å². The number of amides is 2. The van der Waals surface area contributed by atoms with Crippen molar-refractivity contribution < 1.29 is 9.59 Å². The monoisotopic (exact) mass is 364 g/mol. The third-order valence-electron chi connectivity index (χ3n) is 4.42. The summed E-state index contributed by atoms with van der Waals surface area (Å²) < 4.78 is 0. The van der Waals surface area contributed by atoms with Crippen molar-refractivity contribution in [2.45, 2.75) is 38.8 Å². The molecule has 136 valence electrons. The number of likely N-dealkylation sites (tertiary alicyclic amines) is 1. The molecule has 1 fully saturated rings. The highest BCUT2D eigenvalue weighted by Crippen LogP contribution is 2.14. The number of carbonyl (C=O) groups is 2. The first-order valence-corrected chi connectivity index (χ1v) is 8.27. The molecule has 0 aliphatic carbocycles. The van der Waals surface area contributed by atoms with Gasteiger partial charge in [0.1, 0.15) is 0 Å². The van der Waals surface area contributed by atoms with Gasteiger partial charge in [-0.25, -0.2) is 0 Å². The Morgan fingerprint density at radius 3 is 2.28 bits per heavy atom. The molecule has 1 saturated heterocycles. The van der Waals surface area contributed by atoms with Gasteiger partial charge in [-0.15, -0.1) is 12.4 Å². The second-order valence-corrected chi connectivity index (χ2v) is 6.53. The molecular formula is C18H25ClN4O2. The molecule has 1 heterocycles. The third kappa shape index (κ3) is 5.45. The topological polar surface area (TPSA) is 99.2 Å². The number of hydrogen-bond donors (Lipinski definition) is 2. The quantitative estimate of drug-likeness (QED) is 0.849. The van der Waals surface area contributed by atoms with Crippen molar-refractivity contribution in [2.75, 3.05) is 13.1 Å². The average Bonchev–Trinajstić information content (AvgIpc) is 2.61. The Labute approximate surface area is 154 Å². The molecule has 1 aliphatic rings. The van der Waals surface area contributed by atoms with E-state index in [2.05, 4.69) is 5.32 Å². The molecule has 0 bridgehead atoms. The van der Waals surface area contributed by atoms with Crippen molar-refractivity contribution in [3.8, 4) is 6.07 Å². The van der Waals surface area contributed by atoms with Crippen LogP contribution in [0.3, 0.4) is 0 Å². The number of hydrogen-bond acceptors (Lipinski definition) is 4. The number of nitrogens with two attached hydrogens (primary N) is 1. The van der Waals surface area contributed by atoms with Gasteiger partial charge in [0.15, 0.2) is 0 Å². The summed E-state index contributed by atoms with van der Waals surface area (Å²) >= 11 is 0. The number of benzene rings is 1. The van der Waals surface area contributed by atoms with Gasteiger partial charge in [-0.05, 0) is 43.0 Å². The summed E-state index contributed by atoms with van der Waals surface area (Å²) in [4.78, 5) is 26.3. The van der Waals surface area contributed by atoms with E-state index in [4.69, 9.17) is 11.0 Å². The molecule has 1 aromatic carbocycles. The van der Waals surface area contributed by atoms with Crippen molar-refractivity contribution in [2.24, 2.45) is 11.7 Å². The van der Waals surface area contributed by atoms with Gasteiger partial charge in [-0.1, -0.05) is 13.8 Å². The Bertz CT molecular complexity index is 631. The standard InChI is InChI=1S/C18H24N4O2.ClH/c1-12(2)16(20)18(24)22-9-7-15(8-10-22)21-17(23)14-5-3-13(11-19)4-6-14;/h3-6,12,15-16H,7-10,20H2,1-2H3,(H,21,23);1H. The van der Waals surface area contributed by atoms with E-state index in [9.17, 15) is 9.59 Å². The Hall–Kier alpha value is -2.10. The molecular weight excluding hydrogens is 340 g/mol. The minimum Gasteiger partial charge on any atom is -0.349 e. The lowest BCUT2D eigenvalue weighted by atomic mass is 10.00. The summed E-state index contributed by atoms with van der Waals surface area (Å²) in [6, 6.07) is 8.16. The van der Waals surface area contributed by atoms with Crippen LogP contribution in [0, 0.1) is 17.2 Å². The largest absolute Gasteiger partial charge is 0.349 e. The Morgan fingerprint density at radius 2 is 1.80 bits per heavy atom. The number of piperidine rings is 1. The fraction of sp³-hybridized carbons (Fsp3) is 0.500. The minimum absolute atomic E-state index is 0. The van der Waals surface area contributed by atoms with Crippen LogP contribution in [-0.4, -0.2) is 41.9 Å². The van der Waals surface area contributed by atoms with Crippen LogP contribution in [-0.2, 0) is 4.79 Å². The van der Waals surface area contributed by atoms with E-state index in [1.54, 1.807) is 29.2 Å². The highest BCUT2D eigenvalue weighted by Gasteiger charge is 2.28. The minimum atomic E-state index is -0.463. The first kappa shape index (κ1) is 20.9. The molecule has 2 rings (SSSR count). The lowest BCUT2D eigenvalue weighted by Gasteiger charge is -2.34. The zero-order valence-corrected chi connectivity index (χ0v) is 15.4. The predicted octanol–water partition coefficient (Wildman–Crippen LogP) is 1.68. The number of nitriles is 1. The van der Waals surface area contributed by atoms with Crippen LogP contribution in [0.25, 0.3) is 0 Å². The number of nitrogens with zero attached hydrogens (tertiary/aromatic N) is 2. The van der Waals surface area contributed by atoms with Gasteiger partial charge in [0.25, 0.3) is 5.91 Å². The number of halogens is 1. The molecule has 0 saturated carbocycles. The fourth-order valence-corrected chi connectivity index (χ4v) is 2.71. The van der Waals surface area contributed by atoms with Gasteiger partial charge in [0.2, 0.25) is 5.91 Å². The molecule has 3 N–H and O–H groups in total. The van der Waals surface area contributed by atoms with E-state index in [0.29, 0.717) is 24.2 Å². The number of carbonyl (C=O) groups excluding carboxylic acids is 2. The van der Waals surface area contributed by atoms with E-state index in [0.717, 1.165) is 12.8 Å². The normalized spacial score (nSPS) is 15.9. The summed E-state index contributed by atoms with van der Waals surface area (Å²) in [5.41, 5.74) is 6.99. The molecule has 7 heteroatoms. The first-order chi connectivity index (χ1) is 11.4. The molecule has 1 aliphatic heterocycles. The van der Waals surface area contributed by atoms with E-state index >= 15 is 0 Å². The van der Waals surface area contributed by atoms with Crippen molar-refractivity contribution in [3.63, 3.8) is 0 Å². The van der Waals surface area contributed by atoms with Crippen LogP contribution in [0.2, 0.25) is 0 Å². The molecule has 1 atom stereocenters. The van der Waals surface area contributed by atoms with E-state index in [-0.39, 0.29) is 36.2 Å². The molecule has 0 radical (unpaired) electrons. The molecule has 0 aromatic heterocycles. The Kier molecular flexibility index (Phi) is 7.88. The van der Waals surface area contributed by atoms with E-state index < -0.39 is 6.04 Å². The van der Waals surface area contributed by atoms with Gasteiger partial charge in [0, 0.05) is 24.7 Å². The maximum atomic E-state index is 12.2. The van der Waals surface area contributed by atoms with Gasteiger partial charge in [-0.3, -0.25) is 9.59 Å². The van der Waals surface area contributed by atoms with Crippen LogP contribution in [0.1, 0.15) is 42.6 Å². The smallest absolute Gasteiger partial charge is 0.251 e. The van der Waals surface area contributed by atoms with Gasteiger partial charge < -0.3 is 16.0 Å². The van der Waals surface area contributed by atoms with Gasteiger partial charge in [0.05, 0.1) is 17.7 Å². The molecule has 0 spiro atoms. The summed E-state index contributed by atoms with van der Waals surface area (Å²) in [5, 5.41) is 11.8. The van der Waals surface area contributed by atoms with Crippen LogP contribution < -0.4 is 11.1 Å². The maximum Gasteiger partial charge on any atom is 0.251 e. The molecule has 6 nitrogen and oxygen atoms in total. The molecule has 25 heavy (non-hydrogen) atoms. The highest BCUT2D eigenvalue weighted by molar-refractivity contribution is 5.94.